The van der Waals surface area contributed by atoms with Crippen molar-refractivity contribution in [1.29, 1.82) is 0 Å². The van der Waals surface area contributed by atoms with Crippen molar-refractivity contribution in [3.8, 4) is 0 Å². The number of H-pyrrole nitrogens is 2. The standard InChI is InChI=1S/C40H46N4O8/c1-21(51-49-9)15-29-25(5)33-18-36-27(11-13-39(45)47-7)23(3)31(41-36)17-35-28(12-14-40(46)48-8)24(4)32(42-35)19-37-30(16-22(2)52-50-10)26(6)34(44-37)20-38(29)43-33/h17-20,41-42H,1-2,11-16H2,3-10H3. The van der Waals surface area contributed by atoms with Crippen LogP contribution in [0.4, 0.5) is 0 Å². The van der Waals surface area contributed by atoms with Crippen LogP contribution in [0.2, 0.25) is 0 Å². The number of carbonyl (C=O) groups is 2. The normalized spacial score (nSPS) is 12.6. The number of ether oxygens (including phenoxy) is 2. The molecule has 8 bridgehead atoms. The second kappa shape index (κ2) is 16.3. The zero-order valence-corrected chi connectivity index (χ0v) is 31.1. The highest BCUT2D eigenvalue weighted by Gasteiger charge is 2.24. The van der Waals surface area contributed by atoms with Gasteiger partial charge in [-0.25, -0.2) is 9.97 Å². The van der Waals surface area contributed by atoms with Crippen molar-refractivity contribution in [2.45, 2.75) is 66.2 Å². The first-order chi connectivity index (χ1) is 24.9. The Morgan fingerprint density at radius 2 is 1.00 bits per heavy atom. The summed E-state index contributed by atoms with van der Waals surface area (Å²) in [5.74, 6) is 0.254. The molecule has 5 heterocycles. The molecule has 0 radical (unpaired) electrons. The fraction of sp³-hybridized carbons (Fsp3) is 0.350. The van der Waals surface area contributed by atoms with Gasteiger partial charge in [-0.05, 0) is 109 Å². The van der Waals surface area contributed by atoms with E-state index in [2.05, 4.69) is 23.1 Å². The van der Waals surface area contributed by atoms with Gasteiger partial charge >= 0.3 is 11.9 Å². The quantitative estimate of drug-likeness (QED) is 0.0731. The van der Waals surface area contributed by atoms with Crippen LogP contribution in [0.15, 0.2) is 48.9 Å². The fourth-order valence-electron chi connectivity index (χ4n) is 6.65. The number of carbonyl (C=O) groups excluding carboxylic acids is 2. The highest BCUT2D eigenvalue weighted by atomic mass is 17.2. The summed E-state index contributed by atoms with van der Waals surface area (Å²) in [5.41, 5.74) is 13.8. The summed E-state index contributed by atoms with van der Waals surface area (Å²) in [6, 6.07) is 8.02. The number of hydrogen-bond donors (Lipinski definition) is 2. The van der Waals surface area contributed by atoms with E-state index in [4.69, 9.17) is 39.0 Å². The molecule has 274 valence electrons. The first kappa shape index (κ1) is 37.8. The maximum atomic E-state index is 12.3. The number of aryl methyl sites for hydroxylation is 4. The van der Waals surface area contributed by atoms with Gasteiger partial charge in [0.1, 0.15) is 11.5 Å². The average Bonchev–Trinajstić information content (AvgIpc) is 3.77. The topological polar surface area (TPSA) is 147 Å². The van der Waals surface area contributed by atoms with Gasteiger partial charge in [0.2, 0.25) is 0 Å². The Bertz CT molecular complexity index is 2170. The van der Waals surface area contributed by atoms with Crippen LogP contribution in [0.1, 0.15) is 84.6 Å². The van der Waals surface area contributed by atoms with E-state index in [0.29, 0.717) is 42.9 Å². The first-order valence-corrected chi connectivity index (χ1v) is 16.9. The lowest BCUT2D eigenvalue weighted by Gasteiger charge is -2.08. The van der Waals surface area contributed by atoms with Crippen LogP contribution in [0.5, 0.6) is 0 Å². The number of esters is 2. The number of aromatic amines is 2. The molecule has 12 nitrogen and oxygen atoms in total. The predicted octanol–water partition coefficient (Wildman–Crippen LogP) is 7.97. The van der Waals surface area contributed by atoms with Crippen molar-refractivity contribution in [3.63, 3.8) is 0 Å². The van der Waals surface area contributed by atoms with Crippen LogP contribution in [0, 0.1) is 13.8 Å². The van der Waals surface area contributed by atoms with E-state index in [1.165, 1.54) is 28.4 Å². The Labute approximate surface area is 303 Å². The summed E-state index contributed by atoms with van der Waals surface area (Å²) < 4.78 is 9.96. The third-order valence-electron chi connectivity index (χ3n) is 9.56. The van der Waals surface area contributed by atoms with Gasteiger partial charge in [0.15, 0.2) is 0 Å². The summed E-state index contributed by atoms with van der Waals surface area (Å²) in [6.07, 6.45) is 2.05. The molecule has 0 fully saturated rings. The summed E-state index contributed by atoms with van der Waals surface area (Å²) >= 11 is 0. The minimum absolute atomic E-state index is 0.209. The zero-order chi connectivity index (χ0) is 37.7. The lowest BCUT2D eigenvalue weighted by Crippen LogP contribution is -2.02. The molecule has 0 amide bonds. The molecule has 0 atom stereocenters. The molecule has 2 aliphatic heterocycles. The number of rotatable bonds is 14. The lowest BCUT2D eigenvalue weighted by molar-refractivity contribution is -0.237. The van der Waals surface area contributed by atoms with Crippen molar-refractivity contribution in [2.75, 3.05) is 28.4 Å². The van der Waals surface area contributed by atoms with E-state index < -0.39 is 0 Å². The van der Waals surface area contributed by atoms with E-state index >= 15 is 0 Å². The Morgan fingerprint density at radius 1 is 0.596 bits per heavy atom. The van der Waals surface area contributed by atoms with E-state index in [9.17, 15) is 9.59 Å². The first-order valence-electron chi connectivity index (χ1n) is 16.9. The van der Waals surface area contributed by atoms with Gasteiger partial charge < -0.3 is 29.2 Å². The van der Waals surface area contributed by atoms with Gasteiger partial charge in [-0.15, -0.1) is 0 Å². The highest BCUT2D eigenvalue weighted by Crippen LogP contribution is 2.39. The summed E-state index contributed by atoms with van der Waals surface area (Å²) in [4.78, 5) is 62.5. The van der Waals surface area contributed by atoms with Crippen LogP contribution >= 0.6 is 0 Å². The molecule has 2 aliphatic rings. The molecule has 0 saturated carbocycles. The van der Waals surface area contributed by atoms with Crippen LogP contribution < -0.4 is 0 Å². The van der Waals surface area contributed by atoms with Gasteiger partial charge in [0.25, 0.3) is 0 Å². The second-order valence-electron chi connectivity index (χ2n) is 12.7. The molecule has 0 spiro atoms. The van der Waals surface area contributed by atoms with Crippen molar-refractivity contribution in [2.24, 2.45) is 0 Å². The Kier molecular flexibility index (Phi) is 11.8. The summed E-state index contributed by atoms with van der Waals surface area (Å²) in [5, 5.41) is 0. The molecule has 5 rings (SSSR count). The molecule has 0 saturated heterocycles. The minimum Gasteiger partial charge on any atom is -0.469 e. The number of aromatic nitrogens is 4. The van der Waals surface area contributed by atoms with Gasteiger partial charge in [-0.1, -0.05) is 13.2 Å². The molecule has 12 heteroatoms. The monoisotopic (exact) mass is 710 g/mol. The van der Waals surface area contributed by atoms with Gasteiger partial charge in [0, 0.05) is 47.8 Å². The van der Waals surface area contributed by atoms with Crippen LogP contribution in [-0.4, -0.2) is 60.3 Å². The third kappa shape index (κ3) is 8.03. The zero-order valence-electron chi connectivity index (χ0n) is 31.1. The van der Waals surface area contributed by atoms with Crippen LogP contribution in [0.25, 0.3) is 44.4 Å². The van der Waals surface area contributed by atoms with Gasteiger partial charge in [0.05, 0.1) is 51.2 Å². The Hall–Kier alpha value is -5.46. The molecule has 2 N–H and O–H groups in total. The number of nitrogens with one attached hydrogen (secondary N) is 2. The van der Waals surface area contributed by atoms with Crippen molar-refractivity contribution >= 4 is 56.3 Å². The molecule has 0 unspecified atom stereocenters. The summed E-state index contributed by atoms with van der Waals surface area (Å²) in [6.45, 7) is 16.2. The van der Waals surface area contributed by atoms with Crippen LogP contribution in [-0.2, 0) is 51.5 Å². The largest absolute Gasteiger partial charge is 0.469 e. The Morgan fingerprint density at radius 3 is 1.46 bits per heavy atom. The molecular formula is C40H46N4O8. The Balaban J connectivity index is 1.89. The summed E-state index contributed by atoms with van der Waals surface area (Å²) in [7, 11) is 5.65. The number of fused-ring (bicyclic) bond motifs is 8. The number of allylic oxidation sites excluding steroid dienone is 4. The predicted molar refractivity (Wildman–Crippen MR) is 200 cm³/mol. The number of nitrogens with zero attached hydrogens (tertiary/aromatic N) is 2. The van der Waals surface area contributed by atoms with Crippen molar-refractivity contribution < 1.29 is 38.6 Å². The molecule has 0 aromatic carbocycles. The average molecular weight is 711 g/mol. The molecule has 52 heavy (non-hydrogen) atoms. The van der Waals surface area contributed by atoms with Gasteiger partial charge in [-0.2, -0.15) is 9.78 Å². The number of methoxy groups -OCH3 is 2. The maximum absolute atomic E-state index is 12.3. The SMILES string of the molecule is C=C(CC1=C(C)c2cc3[nH]c(cc4[nH]c(cc5nc(cc1n2)C(C)=C5CC(=C)OOC)c(C)c4CCC(=O)OC)c(C)c3CCC(=O)OC)OOC. The molecule has 0 aliphatic carbocycles. The highest BCUT2D eigenvalue weighted by molar-refractivity contribution is 5.96. The maximum Gasteiger partial charge on any atom is 0.305 e. The third-order valence-corrected chi connectivity index (χ3v) is 9.56. The smallest absolute Gasteiger partial charge is 0.305 e. The van der Waals surface area contributed by atoms with E-state index in [1.807, 2.05) is 52.0 Å². The van der Waals surface area contributed by atoms with Crippen molar-refractivity contribution in [1.82, 2.24) is 19.9 Å². The van der Waals surface area contributed by atoms with Crippen molar-refractivity contribution in [3.05, 3.63) is 94.0 Å². The molecular weight excluding hydrogens is 664 g/mol. The van der Waals surface area contributed by atoms with Crippen LogP contribution in [0.3, 0.4) is 0 Å². The van der Waals surface area contributed by atoms with E-state index in [0.717, 1.165) is 83.7 Å². The lowest BCUT2D eigenvalue weighted by atomic mass is 9.99. The van der Waals surface area contributed by atoms with Gasteiger partial charge in [-0.3, -0.25) is 9.59 Å². The molecule has 3 aromatic heterocycles. The second-order valence-corrected chi connectivity index (χ2v) is 12.7. The van der Waals surface area contributed by atoms with E-state index in [1.54, 1.807) is 0 Å². The number of hydrogen-bond acceptors (Lipinski definition) is 10. The fourth-order valence-corrected chi connectivity index (χ4v) is 6.65. The molecule has 3 aromatic rings. The van der Waals surface area contributed by atoms with E-state index in [-0.39, 0.29) is 24.8 Å². The minimum atomic E-state index is -0.298.